The van der Waals surface area contributed by atoms with Crippen LogP contribution in [0.2, 0.25) is 0 Å². The zero-order valence-electron chi connectivity index (χ0n) is 20.5. The van der Waals surface area contributed by atoms with Crippen molar-refractivity contribution in [2.45, 2.75) is 6.42 Å². The van der Waals surface area contributed by atoms with Crippen LogP contribution in [0.15, 0.2) is 103 Å². The van der Waals surface area contributed by atoms with Crippen LogP contribution in [-0.4, -0.2) is 26.7 Å². The number of ether oxygens (including phenoxy) is 1. The highest BCUT2D eigenvalue weighted by Gasteiger charge is 2.14. The summed E-state index contributed by atoms with van der Waals surface area (Å²) in [6.45, 7) is 0. The minimum atomic E-state index is -0.656. The molecule has 0 aliphatic carbocycles. The molecule has 10 heteroatoms. The summed E-state index contributed by atoms with van der Waals surface area (Å²) in [5.41, 5.74) is 8.09. The highest BCUT2D eigenvalue weighted by atomic mass is 19.1. The number of anilines is 2. The number of nitrogens with zero attached hydrogens (tertiary/aromatic N) is 3. The topological polar surface area (TPSA) is 124 Å². The molecule has 194 valence electrons. The van der Waals surface area contributed by atoms with E-state index in [0.717, 1.165) is 5.56 Å². The van der Waals surface area contributed by atoms with Crippen LogP contribution in [0.1, 0.15) is 21.7 Å². The van der Waals surface area contributed by atoms with Gasteiger partial charge in [0, 0.05) is 30.4 Å². The summed E-state index contributed by atoms with van der Waals surface area (Å²) in [6, 6.07) is 26.7. The van der Waals surface area contributed by atoms with Gasteiger partial charge in [0.1, 0.15) is 28.8 Å². The lowest BCUT2D eigenvalue weighted by Gasteiger charge is -2.11. The fraction of sp³-hybridized carbons (Fsp3) is 0.0345. The molecule has 0 aliphatic heterocycles. The molecule has 39 heavy (non-hydrogen) atoms. The predicted molar refractivity (Wildman–Crippen MR) is 145 cm³/mol. The SMILES string of the molecule is NC(=O)c1cc(Oc2ccc(NC(=O)Nc3cc(Cc4ccccc4)nn3-c3cccc(F)c3)cc2)ccn1. The van der Waals surface area contributed by atoms with E-state index >= 15 is 0 Å². The quantitative estimate of drug-likeness (QED) is 0.247. The number of pyridine rings is 1. The Balaban J connectivity index is 1.29. The Hall–Kier alpha value is -5.51. The molecule has 5 rings (SSSR count). The number of nitrogens with one attached hydrogen (secondary N) is 2. The molecule has 0 spiro atoms. The zero-order chi connectivity index (χ0) is 27.2. The number of carbonyl (C=O) groups excluding carboxylic acids is 2. The number of benzene rings is 3. The molecule has 0 fully saturated rings. The average Bonchev–Trinajstić information content (AvgIpc) is 3.32. The summed E-state index contributed by atoms with van der Waals surface area (Å²) in [6.07, 6.45) is 1.97. The third-order valence-corrected chi connectivity index (χ3v) is 5.61. The number of hydrogen-bond donors (Lipinski definition) is 3. The van der Waals surface area contributed by atoms with E-state index < -0.39 is 17.8 Å². The van der Waals surface area contributed by atoms with Gasteiger partial charge in [-0.3, -0.25) is 15.1 Å². The van der Waals surface area contributed by atoms with Gasteiger partial charge in [0.15, 0.2) is 0 Å². The fourth-order valence-electron chi connectivity index (χ4n) is 3.85. The van der Waals surface area contributed by atoms with Crippen LogP contribution in [0.25, 0.3) is 5.69 Å². The van der Waals surface area contributed by atoms with E-state index in [1.54, 1.807) is 48.5 Å². The van der Waals surface area contributed by atoms with Crippen molar-refractivity contribution in [1.82, 2.24) is 14.8 Å². The Bertz CT molecular complexity index is 1620. The molecule has 0 aliphatic rings. The van der Waals surface area contributed by atoms with Crippen molar-refractivity contribution in [3.63, 3.8) is 0 Å². The maximum absolute atomic E-state index is 13.9. The molecule has 0 radical (unpaired) electrons. The van der Waals surface area contributed by atoms with Crippen molar-refractivity contribution in [2.75, 3.05) is 10.6 Å². The van der Waals surface area contributed by atoms with Crippen molar-refractivity contribution >= 4 is 23.4 Å². The van der Waals surface area contributed by atoms with E-state index in [2.05, 4.69) is 20.7 Å². The Kier molecular flexibility index (Phi) is 7.26. The van der Waals surface area contributed by atoms with Gasteiger partial charge >= 0.3 is 6.03 Å². The monoisotopic (exact) mass is 522 g/mol. The van der Waals surface area contributed by atoms with E-state index in [-0.39, 0.29) is 5.69 Å². The molecular weight excluding hydrogens is 499 g/mol. The fourth-order valence-corrected chi connectivity index (χ4v) is 3.85. The first kappa shape index (κ1) is 25.2. The second kappa shape index (κ2) is 11.3. The summed E-state index contributed by atoms with van der Waals surface area (Å²) >= 11 is 0. The number of halogens is 1. The van der Waals surface area contributed by atoms with Crippen LogP contribution in [0, 0.1) is 5.82 Å². The second-order valence-electron chi connectivity index (χ2n) is 8.52. The molecule has 9 nitrogen and oxygen atoms in total. The van der Waals surface area contributed by atoms with Crippen LogP contribution >= 0.6 is 0 Å². The van der Waals surface area contributed by atoms with Crippen molar-refractivity contribution in [3.05, 3.63) is 126 Å². The highest BCUT2D eigenvalue weighted by Crippen LogP contribution is 2.24. The first-order valence-electron chi connectivity index (χ1n) is 11.9. The summed E-state index contributed by atoms with van der Waals surface area (Å²) < 4.78 is 21.2. The maximum Gasteiger partial charge on any atom is 0.324 e. The molecule has 0 atom stereocenters. The molecule has 0 saturated carbocycles. The normalized spacial score (nSPS) is 10.6. The number of rotatable bonds is 8. The van der Waals surface area contributed by atoms with Crippen molar-refractivity contribution in [1.29, 1.82) is 0 Å². The Morgan fingerprint density at radius 3 is 2.41 bits per heavy atom. The molecule has 3 aromatic carbocycles. The smallest absolute Gasteiger partial charge is 0.324 e. The van der Waals surface area contributed by atoms with Gasteiger partial charge < -0.3 is 15.8 Å². The maximum atomic E-state index is 13.9. The predicted octanol–water partition coefficient (Wildman–Crippen LogP) is 5.53. The summed E-state index contributed by atoms with van der Waals surface area (Å²) in [5.74, 6) is 0.193. The third-order valence-electron chi connectivity index (χ3n) is 5.61. The van der Waals surface area contributed by atoms with Gasteiger partial charge in [-0.2, -0.15) is 5.10 Å². The summed E-state index contributed by atoms with van der Waals surface area (Å²) in [5, 5.41) is 10.2. The standard InChI is InChI=1S/C29H23FN6O3/c30-20-7-4-8-23(16-20)36-27(17-22(35-36)15-19-5-2-1-3-6-19)34-29(38)33-21-9-11-24(12-10-21)39-25-13-14-32-26(18-25)28(31)37/h1-14,16-18H,15H2,(H2,31,37)(H2,33,34,38). The van der Waals surface area contributed by atoms with Crippen LogP contribution < -0.4 is 21.1 Å². The molecule has 2 heterocycles. The molecule has 0 saturated heterocycles. The lowest BCUT2D eigenvalue weighted by Crippen LogP contribution is -2.21. The molecule has 2 aromatic heterocycles. The Morgan fingerprint density at radius 2 is 1.67 bits per heavy atom. The Labute approximate surface area is 223 Å². The minimum Gasteiger partial charge on any atom is -0.457 e. The number of urea groups is 1. The van der Waals surface area contributed by atoms with Gasteiger partial charge in [0.05, 0.1) is 11.4 Å². The van der Waals surface area contributed by atoms with Crippen molar-refractivity contribution in [2.24, 2.45) is 5.73 Å². The van der Waals surface area contributed by atoms with E-state index in [0.29, 0.717) is 40.8 Å². The van der Waals surface area contributed by atoms with Crippen molar-refractivity contribution < 1.29 is 18.7 Å². The number of carbonyl (C=O) groups is 2. The average molecular weight is 523 g/mol. The first-order chi connectivity index (χ1) is 18.9. The molecule has 5 aromatic rings. The van der Waals surface area contributed by atoms with Gasteiger partial charge in [-0.15, -0.1) is 0 Å². The van der Waals surface area contributed by atoms with Crippen LogP contribution in [0.5, 0.6) is 11.5 Å². The lowest BCUT2D eigenvalue weighted by atomic mass is 10.1. The molecular formula is C29H23FN6O3. The van der Waals surface area contributed by atoms with E-state index in [1.165, 1.54) is 29.1 Å². The molecule has 0 unspecified atom stereocenters. The van der Waals surface area contributed by atoms with Gasteiger partial charge in [0.25, 0.3) is 5.91 Å². The minimum absolute atomic E-state index is 0.0897. The zero-order valence-corrected chi connectivity index (χ0v) is 20.5. The van der Waals surface area contributed by atoms with Crippen molar-refractivity contribution in [3.8, 4) is 17.2 Å². The number of hydrogen-bond acceptors (Lipinski definition) is 5. The van der Waals surface area contributed by atoms with Crippen LogP contribution in [0.3, 0.4) is 0 Å². The largest absolute Gasteiger partial charge is 0.457 e. The molecule has 0 bridgehead atoms. The highest BCUT2D eigenvalue weighted by molar-refractivity contribution is 5.99. The van der Waals surface area contributed by atoms with E-state index in [1.807, 2.05) is 30.3 Å². The first-order valence-corrected chi connectivity index (χ1v) is 11.9. The number of primary amides is 1. The number of aromatic nitrogens is 3. The molecule has 4 N–H and O–H groups in total. The van der Waals surface area contributed by atoms with Crippen LogP contribution in [0.4, 0.5) is 20.7 Å². The van der Waals surface area contributed by atoms with Gasteiger partial charge in [-0.1, -0.05) is 36.4 Å². The van der Waals surface area contributed by atoms with Crippen LogP contribution in [-0.2, 0) is 6.42 Å². The van der Waals surface area contributed by atoms with Gasteiger partial charge in [-0.05, 0) is 54.1 Å². The molecule has 3 amide bonds. The van der Waals surface area contributed by atoms with E-state index in [9.17, 15) is 14.0 Å². The number of amides is 3. The summed E-state index contributed by atoms with van der Waals surface area (Å²) in [7, 11) is 0. The van der Waals surface area contributed by atoms with E-state index in [4.69, 9.17) is 10.5 Å². The lowest BCUT2D eigenvalue weighted by molar-refractivity contribution is 0.0995. The van der Waals surface area contributed by atoms with Gasteiger partial charge in [0.2, 0.25) is 0 Å². The summed E-state index contributed by atoms with van der Waals surface area (Å²) in [4.78, 5) is 28.1. The number of nitrogens with two attached hydrogens (primary N) is 1. The van der Waals surface area contributed by atoms with Gasteiger partial charge in [-0.25, -0.2) is 13.9 Å². The Morgan fingerprint density at radius 1 is 0.872 bits per heavy atom. The second-order valence-corrected chi connectivity index (χ2v) is 8.52. The third kappa shape index (κ3) is 6.44.